The fraction of sp³-hybridized carbons (Fsp3) is 0.722. The molecular formula is C18H30N2O. The molecule has 1 aromatic rings. The number of ether oxygens (including phenoxy) is 1. The van der Waals surface area contributed by atoms with Crippen LogP contribution in [0.4, 0.5) is 0 Å². The normalized spacial score (nSPS) is 16.6. The largest absolute Gasteiger partial charge is 0.496 e. The van der Waals surface area contributed by atoms with Gasteiger partial charge in [-0.1, -0.05) is 26.2 Å². The van der Waals surface area contributed by atoms with Crippen molar-refractivity contribution in [2.24, 2.45) is 5.92 Å². The molecule has 1 aliphatic rings. The molecule has 1 saturated carbocycles. The van der Waals surface area contributed by atoms with E-state index in [4.69, 9.17) is 4.74 Å². The molecule has 1 fully saturated rings. The molecule has 0 spiro atoms. The summed E-state index contributed by atoms with van der Waals surface area (Å²) in [6, 6.07) is 0.550. The minimum absolute atomic E-state index is 0.550. The van der Waals surface area contributed by atoms with Gasteiger partial charge in [0, 0.05) is 35.5 Å². The van der Waals surface area contributed by atoms with Crippen LogP contribution in [0, 0.1) is 19.8 Å². The number of rotatable bonds is 8. The minimum atomic E-state index is 0.550. The van der Waals surface area contributed by atoms with Gasteiger partial charge in [0.25, 0.3) is 0 Å². The number of methoxy groups -OCH3 is 1. The van der Waals surface area contributed by atoms with E-state index in [1.54, 1.807) is 7.11 Å². The van der Waals surface area contributed by atoms with Gasteiger partial charge in [0.15, 0.2) is 0 Å². The van der Waals surface area contributed by atoms with E-state index in [9.17, 15) is 0 Å². The van der Waals surface area contributed by atoms with Gasteiger partial charge in [-0.15, -0.1) is 0 Å². The lowest BCUT2D eigenvalue weighted by Gasteiger charge is -2.30. The summed E-state index contributed by atoms with van der Waals surface area (Å²) in [5.74, 6) is 1.92. The van der Waals surface area contributed by atoms with Crippen LogP contribution in [0.25, 0.3) is 0 Å². The topological polar surface area (TPSA) is 34.2 Å². The molecule has 3 heteroatoms. The summed E-state index contributed by atoms with van der Waals surface area (Å²) >= 11 is 0. The van der Waals surface area contributed by atoms with Gasteiger partial charge in [0.2, 0.25) is 0 Å². The predicted molar refractivity (Wildman–Crippen MR) is 88.0 cm³/mol. The van der Waals surface area contributed by atoms with Crippen LogP contribution in [0.5, 0.6) is 5.75 Å². The maximum atomic E-state index is 5.53. The molecule has 0 radical (unpaired) electrons. The first-order chi connectivity index (χ1) is 10.2. The van der Waals surface area contributed by atoms with Crippen LogP contribution in [-0.4, -0.2) is 24.7 Å². The summed E-state index contributed by atoms with van der Waals surface area (Å²) in [6.07, 6.45) is 9.67. The maximum Gasteiger partial charge on any atom is 0.128 e. The van der Waals surface area contributed by atoms with Crippen molar-refractivity contribution in [2.45, 2.75) is 65.3 Å². The molecule has 0 amide bonds. The van der Waals surface area contributed by atoms with Crippen LogP contribution < -0.4 is 10.1 Å². The second-order valence-electron chi connectivity index (χ2n) is 6.43. The van der Waals surface area contributed by atoms with E-state index in [1.165, 1.54) is 43.4 Å². The van der Waals surface area contributed by atoms with Crippen molar-refractivity contribution >= 4 is 0 Å². The second-order valence-corrected chi connectivity index (χ2v) is 6.43. The highest BCUT2D eigenvalue weighted by Crippen LogP contribution is 2.32. The number of aryl methyl sites for hydroxylation is 1. The lowest BCUT2D eigenvalue weighted by molar-refractivity contribution is 0.258. The summed E-state index contributed by atoms with van der Waals surface area (Å²) in [5, 5.41) is 3.72. The molecule has 3 nitrogen and oxygen atoms in total. The quantitative estimate of drug-likeness (QED) is 0.790. The number of nitrogens with zero attached hydrogens (tertiary/aromatic N) is 1. The Labute approximate surface area is 129 Å². The number of hydrogen-bond acceptors (Lipinski definition) is 3. The molecule has 2 rings (SSSR count). The molecule has 0 bridgehead atoms. The molecule has 1 aromatic heterocycles. The molecule has 1 aliphatic carbocycles. The summed E-state index contributed by atoms with van der Waals surface area (Å²) in [6.45, 7) is 7.52. The smallest absolute Gasteiger partial charge is 0.128 e. The highest BCUT2D eigenvalue weighted by Gasteiger charge is 2.23. The molecule has 1 unspecified atom stereocenters. The Morgan fingerprint density at radius 2 is 2.14 bits per heavy atom. The first-order valence-corrected chi connectivity index (χ1v) is 8.38. The zero-order valence-electron chi connectivity index (χ0n) is 14.0. The summed E-state index contributed by atoms with van der Waals surface area (Å²) in [7, 11) is 1.75. The van der Waals surface area contributed by atoms with E-state index in [0.29, 0.717) is 6.04 Å². The van der Waals surface area contributed by atoms with Crippen molar-refractivity contribution in [3.8, 4) is 5.75 Å². The maximum absolute atomic E-state index is 5.53. The van der Waals surface area contributed by atoms with Crippen LogP contribution in [0.3, 0.4) is 0 Å². The first-order valence-electron chi connectivity index (χ1n) is 8.38. The van der Waals surface area contributed by atoms with Crippen molar-refractivity contribution in [1.82, 2.24) is 10.3 Å². The average molecular weight is 290 g/mol. The van der Waals surface area contributed by atoms with E-state index in [1.807, 2.05) is 6.20 Å². The van der Waals surface area contributed by atoms with Gasteiger partial charge in [-0.2, -0.15) is 0 Å². The van der Waals surface area contributed by atoms with Crippen LogP contribution in [-0.2, 0) is 6.42 Å². The first kappa shape index (κ1) is 16.3. The van der Waals surface area contributed by atoms with Gasteiger partial charge in [-0.3, -0.25) is 4.98 Å². The third kappa shape index (κ3) is 4.19. The number of aromatic nitrogens is 1. The predicted octanol–water partition coefficient (Wildman–Crippen LogP) is 3.81. The van der Waals surface area contributed by atoms with Crippen molar-refractivity contribution in [3.05, 3.63) is 23.0 Å². The van der Waals surface area contributed by atoms with Gasteiger partial charge in [-0.05, 0) is 39.2 Å². The summed E-state index contributed by atoms with van der Waals surface area (Å²) < 4.78 is 5.53. The van der Waals surface area contributed by atoms with Gasteiger partial charge in [-0.25, -0.2) is 0 Å². The van der Waals surface area contributed by atoms with Crippen LogP contribution in [0.15, 0.2) is 6.20 Å². The highest BCUT2D eigenvalue weighted by molar-refractivity contribution is 5.41. The van der Waals surface area contributed by atoms with E-state index in [-0.39, 0.29) is 0 Å². The van der Waals surface area contributed by atoms with Gasteiger partial charge in [0.05, 0.1) is 7.11 Å². The van der Waals surface area contributed by atoms with Crippen LogP contribution >= 0.6 is 0 Å². The average Bonchev–Trinajstić information content (AvgIpc) is 2.43. The fourth-order valence-corrected chi connectivity index (χ4v) is 3.23. The molecule has 118 valence electrons. The van der Waals surface area contributed by atoms with Crippen molar-refractivity contribution < 1.29 is 4.74 Å². The number of hydrogen-bond donors (Lipinski definition) is 1. The molecule has 1 N–H and O–H groups in total. The second kappa shape index (κ2) is 7.79. The molecule has 1 atom stereocenters. The lowest BCUT2D eigenvalue weighted by Crippen LogP contribution is -2.35. The van der Waals surface area contributed by atoms with Gasteiger partial charge >= 0.3 is 0 Å². The zero-order chi connectivity index (χ0) is 15.2. The van der Waals surface area contributed by atoms with E-state index < -0.39 is 0 Å². The van der Waals surface area contributed by atoms with Crippen molar-refractivity contribution in [1.29, 1.82) is 0 Å². The molecule has 0 aliphatic heterocycles. The SMILES string of the molecule is CCCNC(Cc1ncc(C)c(OC)c1C)CC1CCC1. The standard InChI is InChI=1S/C18H30N2O/c1-5-9-19-16(10-15-7-6-8-15)11-17-14(3)18(21-4)13(2)12-20-17/h12,15-16,19H,5-11H2,1-4H3. The summed E-state index contributed by atoms with van der Waals surface area (Å²) in [5.41, 5.74) is 3.51. The zero-order valence-corrected chi connectivity index (χ0v) is 14.0. The monoisotopic (exact) mass is 290 g/mol. The highest BCUT2D eigenvalue weighted by atomic mass is 16.5. The minimum Gasteiger partial charge on any atom is -0.496 e. The number of pyridine rings is 1. The van der Waals surface area contributed by atoms with E-state index >= 15 is 0 Å². The molecule has 21 heavy (non-hydrogen) atoms. The number of nitrogens with one attached hydrogen (secondary N) is 1. The molecule has 1 heterocycles. The van der Waals surface area contributed by atoms with Crippen LogP contribution in [0.2, 0.25) is 0 Å². The van der Waals surface area contributed by atoms with Crippen molar-refractivity contribution in [2.75, 3.05) is 13.7 Å². The molecule has 0 saturated heterocycles. The van der Waals surface area contributed by atoms with Gasteiger partial charge < -0.3 is 10.1 Å². The van der Waals surface area contributed by atoms with Crippen LogP contribution in [0.1, 0.15) is 55.8 Å². The van der Waals surface area contributed by atoms with Gasteiger partial charge in [0.1, 0.15) is 5.75 Å². The Hall–Kier alpha value is -1.09. The van der Waals surface area contributed by atoms with Crippen molar-refractivity contribution in [3.63, 3.8) is 0 Å². The third-order valence-electron chi connectivity index (χ3n) is 4.72. The Kier molecular flexibility index (Phi) is 6.04. The molecular weight excluding hydrogens is 260 g/mol. The Morgan fingerprint density at radius 1 is 1.38 bits per heavy atom. The Balaban J connectivity index is 2.07. The summed E-state index contributed by atoms with van der Waals surface area (Å²) in [4.78, 5) is 4.67. The lowest BCUT2D eigenvalue weighted by atomic mass is 9.80. The Morgan fingerprint density at radius 3 is 2.71 bits per heavy atom. The van der Waals surface area contributed by atoms with E-state index in [0.717, 1.165) is 30.2 Å². The Bertz CT molecular complexity index is 455. The molecule has 0 aromatic carbocycles. The van der Waals surface area contributed by atoms with E-state index in [2.05, 4.69) is 31.1 Å². The fourth-order valence-electron chi connectivity index (χ4n) is 3.23. The third-order valence-corrected chi connectivity index (χ3v) is 4.72.